The lowest BCUT2D eigenvalue weighted by Gasteiger charge is -2.08. The lowest BCUT2D eigenvalue weighted by Crippen LogP contribution is -2.30. The number of hydrogen-bond acceptors (Lipinski definition) is 3. The molecule has 0 aromatic heterocycles. The first-order valence-electron chi connectivity index (χ1n) is 5.96. The molecule has 0 bridgehead atoms. The number of ether oxygens (including phenoxy) is 1. The maximum Gasteiger partial charge on any atom is 0.265 e. The molecule has 17 heavy (non-hydrogen) atoms. The normalized spacial score (nSPS) is 10.2. The lowest BCUT2D eigenvalue weighted by molar-refractivity contribution is 0.0937. The molecule has 3 N–H and O–H groups in total. The van der Waals surface area contributed by atoms with E-state index in [-0.39, 0.29) is 5.91 Å². The molecule has 1 aromatic rings. The second-order valence-electron chi connectivity index (χ2n) is 3.89. The maximum atomic E-state index is 11.5. The molecule has 0 spiro atoms. The Balaban J connectivity index is 2.49. The minimum Gasteiger partial charge on any atom is -0.377 e. The van der Waals surface area contributed by atoms with Crippen LogP contribution in [-0.2, 0) is 11.3 Å². The first kappa shape index (κ1) is 13.7. The van der Waals surface area contributed by atoms with Crippen LogP contribution in [0.25, 0.3) is 0 Å². The summed E-state index contributed by atoms with van der Waals surface area (Å²) in [6.45, 7) is 3.33. The molecule has 1 aromatic carbocycles. The summed E-state index contributed by atoms with van der Waals surface area (Å²) in [5.74, 6) is 4.85. The predicted octanol–water partition coefficient (Wildman–Crippen LogP) is 2.00. The highest BCUT2D eigenvalue weighted by Crippen LogP contribution is 2.10. The minimum atomic E-state index is -0.280. The SMILES string of the molecule is CCCCCOCc1ccccc1C(=O)NN. The highest BCUT2D eigenvalue weighted by molar-refractivity contribution is 5.95. The fourth-order valence-corrected chi connectivity index (χ4v) is 1.58. The van der Waals surface area contributed by atoms with Gasteiger partial charge in [0.2, 0.25) is 0 Å². The van der Waals surface area contributed by atoms with Gasteiger partial charge in [-0.2, -0.15) is 0 Å². The van der Waals surface area contributed by atoms with E-state index in [0.29, 0.717) is 12.2 Å². The van der Waals surface area contributed by atoms with Crippen molar-refractivity contribution >= 4 is 5.91 Å². The summed E-state index contributed by atoms with van der Waals surface area (Å²) >= 11 is 0. The van der Waals surface area contributed by atoms with Gasteiger partial charge in [-0.25, -0.2) is 5.84 Å². The van der Waals surface area contributed by atoms with Crippen LogP contribution in [0.1, 0.15) is 42.1 Å². The van der Waals surface area contributed by atoms with Crippen LogP contribution in [0.5, 0.6) is 0 Å². The summed E-state index contributed by atoms with van der Waals surface area (Å²) < 4.78 is 5.54. The maximum absolute atomic E-state index is 11.5. The van der Waals surface area contributed by atoms with Crippen LogP contribution in [-0.4, -0.2) is 12.5 Å². The summed E-state index contributed by atoms with van der Waals surface area (Å²) in [5, 5.41) is 0. The molecule has 4 nitrogen and oxygen atoms in total. The number of unbranched alkanes of at least 4 members (excludes halogenated alkanes) is 2. The van der Waals surface area contributed by atoms with Crippen molar-refractivity contribution in [2.24, 2.45) is 5.84 Å². The molecule has 0 heterocycles. The number of hydrazine groups is 1. The number of amides is 1. The highest BCUT2D eigenvalue weighted by Gasteiger charge is 2.08. The van der Waals surface area contributed by atoms with Crippen molar-refractivity contribution in [2.45, 2.75) is 32.8 Å². The highest BCUT2D eigenvalue weighted by atomic mass is 16.5. The molecular weight excluding hydrogens is 216 g/mol. The first-order chi connectivity index (χ1) is 8.29. The lowest BCUT2D eigenvalue weighted by atomic mass is 10.1. The summed E-state index contributed by atoms with van der Waals surface area (Å²) in [6, 6.07) is 7.32. The Hall–Kier alpha value is -1.39. The third-order valence-electron chi connectivity index (χ3n) is 2.54. The third-order valence-corrected chi connectivity index (χ3v) is 2.54. The van der Waals surface area contributed by atoms with E-state index >= 15 is 0 Å². The quantitative estimate of drug-likeness (QED) is 0.329. The van der Waals surface area contributed by atoms with E-state index in [4.69, 9.17) is 10.6 Å². The zero-order valence-corrected chi connectivity index (χ0v) is 10.2. The van der Waals surface area contributed by atoms with Crippen LogP contribution < -0.4 is 11.3 Å². The molecular formula is C13H20N2O2. The molecule has 0 radical (unpaired) electrons. The monoisotopic (exact) mass is 236 g/mol. The number of carbonyl (C=O) groups excluding carboxylic acids is 1. The zero-order valence-electron chi connectivity index (χ0n) is 10.2. The standard InChI is InChI=1S/C13H20N2O2/c1-2-3-6-9-17-10-11-7-4-5-8-12(11)13(16)15-14/h4-5,7-8H,2-3,6,9-10,14H2,1H3,(H,15,16). The van der Waals surface area contributed by atoms with Gasteiger partial charge in [0.05, 0.1) is 6.61 Å². The Morgan fingerprint density at radius 2 is 2.12 bits per heavy atom. The third kappa shape index (κ3) is 4.54. The van der Waals surface area contributed by atoms with Gasteiger partial charge < -0.3 is 4.74 Å². The van der Waals surface area contributed by atoms with Gasteiger partial charge in [-0.15, -0.1) is 0 Å². The topological polar surface area (TPSA) is 64.3 Å². The molecule has 0 atom stereocenters. The van der Waals surface area contributed by atoms with Gasteiger partial charge in [-0.05, 0) is 18.1 Å². The average Bonchev–Trinajstić information content (AvgIpc) is 2.38. The van der Waals surface area contributed by atoms with Crippen LogP contribution >= 0.6 is 0 Å². The molecule has 0 aliphatic rings. The van der Waals surface area contributed by atoms with Gasteiger partial charge in [-0.3, -0.25) is 10.2 Å². The number of nitrogens with two attached hydrogens (primary N) is 1. The van der Waals surface area contributed by atoms with Gasteiger partial charge in [-0.1, -0.05) is 38.0 Å². The van der Waals surface area contributed by atoms with Crippen molar-refractivity contribution in [1.29, 1.82) is 0 Å². The van der Waals surface area contributed by atoms with Gasteiger partial charge >= 0.3 is 0 Å². The van der Waals surface area contributed by atoms with E-state index in [9.17, 15) is 4.79 Å². The molecule has 0 aliphatic heterocycles. The zero-order chi connectivity index (χ0) is 12.5. The van der Waals surface area contributed by atoms with Crippen LogP contribution in [0.3, 0.4) is 0 Å². The molecule has 0 aliphatic carbocycles. The van der Waals surface area contributed by atoms with E-state index in [1.54, 1.807) is 6.07 Å². The molecule has 1 amide bonds. The Kier molecular flexibility index (Phi) is 6.29. The van der Waals surface area contributed by atoms with E-state index in [1.165, 1.54) is 12.8 Å². The number of carbonyl (C=O) groups is 1. The van der Waals surface area contributed by atoms with Crippen LogP contribution in [0.15, 0.2) is 24.3 Å². The molecule has 0 unspecified atom stereocenters. The van der Waals surface area contributed by atoms with Crippen LogP contribution in [0.2, 0.25) is 0 Å². The van der Waals surface area contributed by atoms with Gasteiger partial charge in [0, 0.05) is 12.2 Å². The second-order valence-corrected chi connectivity index (χ2v) is 3.89. The second kappa shape index (κ2) is 7.81. The van der Waals surface area contributed by atoms with Gasteiger partial charge in [0.15, 0.2) is 0 Å². The van der Waals surface area contributed by atoms with E-state index in [0.717, 1.165) is 18.6 Å². The van der Waals surface area contributed by atoms with E-state index < -0.39 is 0 Å². The summed E-state index contributed by atoms with van der Waals surface area (Å²) in [6.07, 6.45) is 3.40. The smallest absolute Gasteiger partial charge is 0.265 e. The van der Waals surface area contributed by atoms with Crippen molar-refractivity contribution in [1.82, 2.24) is 5.43 Å². The minimum absolute atomic E-state index is 0.280. The van der Waals surface area contributed by atoms with Crippen LogP contribution in [0, 0.1) is 0 Å². The Labute approximate surface area is 102 Å². The Morgan fingerprint density at radius 1 is 1.35 bits per heavy atom. The van der Waals surface area contributed by atoms with Crippen molar-refractivity contribution in [3.05, 3.63) is 35.4 Å². The number of benzene rings is 1. The summed E-state index contributed by atoms with van der Waals surface area (Å²) in [4.78, 5) is 11.5. The molecule has 0 saturated heterocycles. The Bertz CT molecular complexity index is 353. The fourth-order valence-electron chi connectivity index (χ4n) is 1.58. The summed E-state index contributed by atoms with van der Waals surface area (Å²) in [7, 11) is 0. The number of rotatable bonds is 7. The van der Waals surface area contributed by atoms with E-state index in [2.05, 4.69) is 12.3 Å². The van der Waals surface area contributed by atoms with Crippen molar-refractivity contribution in [2.75, 3.05) is 6.61 Å². The number of hydrogen-bond donors (Lipinski definition) is 2. The molecule has 94 valence electrons. The first-order valence-corrected chi connectivity index (χ1v) is 5.96. The average molecular weight is 236 g/mol. The largest absolute Gasteiger partial charge is 0.377 e. The van der Waals surface area contributed by atoms with Crippen molar-refractivity contribution < 1.29 is 9.53 Å². The van der Waals surface area contributed by atoms with Crippen molar-refractivity contribution in [3.63, 3.8) is 0 Å². The van der Waals surface area contributed by atoms with Crippen molar-refractivity contribution in [3.8, 4) is 0 Å². The molecule has 0 saturated carbocycles. The van der Waals surface area contributed by atoms with E-state index in [1.807, 2.05) is 18.2 Å². The molecule has 1 rings (SSSR count). The Morgan fingerprint density at radius 3 is 2.82 bits per heavy atom. The number of nitrogens with one attached hydrogen (secondary N) is 1. The van der Waals surface area contributed by atoms with Crippen LogP contribution in [0.4, 0.5) is 0 Å². The fraction of sp³-hybridized carbons (Fsp3) is 0.462. The van der Waals surface area contributed by atoms with Gasteiger partial charge in [0.25, 0.3) is 5.91 Å². The number of nitrogen functional groups attached to an aromatic ring is 1. The van der Waals surface area contributed by atoms with Gasteiger partial charge in [0.1, 0.15) is 0 Å². The molecule has 4 heteroatoms. The molecule has 0 fully saturated rings. The summed E-state index contributed by atoms with van der Waals surface area (Å²) in [5.41, 5.74) is 3.58. The predicted molar refractivity (Wildman–Crippen MR) is 67.3 cm³/mol.